The van der Waals surface area contributed by atoms with E-state index in [0.717, 1.165) is 19.3 Å². The lowest BCUT2D eigenvalue weighted by Gasteiger charge is -2.24. The predicted molar refractivity (Wildman–Crippen MR) is 126 cm³/mol. The van der Waals surface area contributed by atoms with Crippen LogP contribution in [0.4, 0.5) is 4.79 Å². The van der Waals surface area contributed by atoms with E-state index in [2.05, 4.69) is 12.2 Å². The van der Waals surface area contributed by atoms with E-state index in [4.69, 9.17) is 9.47 Å². The van der Waals surface area contributed by atoms with Gasteiger partial charge in [0.2, 0.25) is 0 Å². The van der Waals surface area contributed by atoms with Gasteiger partial charge in [0.1, 0.15) is 11.7 Å². The highest BCUT2D eigenvalue weighted by Crippen LogP contribution is 2.12. The van der Waals surface area contributed by atoms with E-state index in [9.17, 15) is 14.7 Å². The van der Waals surface area contributed by atoms with Gasteiger partial charge >= 0.3 is 12.1 Å². The Kier molecular flexibility index (Phi) is 17.1. The summed E-state index contributed by atoms with van der Waals surface area (Å²) in [5, 5.41) is 12.8. The molecule has 0 aliphatic carbocycles. The summed E-state index contributed by atoms with van der Waals surface area (Å²) >= 11 is 0. The van der Waals surface area contributed by atoms with Gasteiger partial charge in [0, 0.05) is 0 Å². The van der Waals surface area contributed by atoms with E-state index in [1.54, 1.807) is 33.8 Å². The molecule has 6 nitrogen and oxygen atoms in total. The zero-order valence-corrected chi connectivity index (χ0v) is 20.6. The number of nitrogens with one attached hydrogen (secondary N) is 1. The third kappa shape index (κ3) is 17.8. The smallest absolute Gasteiger partial charge is 0.408 e. The Bertz CT molecular complexity index is 499. The Hall–Kier alpha value is -1.56. The van der Waals surface area contributed by atoms with Gasteiger partial charge in [-0.15, -0.1) is 0 Å². The molecule has 0 saturated carbocycles. The van der Waals surface area contributed by atoms with Gasteiger partial charge in [-0.3, -0.25) is 0 Å². The molecule has 0 fully saturated rings. The fourth-order valence-electron chi connectivity index (χ4n) is 3.22. The van der Waals surface area contributed by atoms with Crippen LogP contribution in [0.2, 0.25) is 0 Å². The van der Waals surface area contributed by atoms with Crippen molar-refractivity contribution in [1.82, 2.24) is 5.32 Å². The zero-order valence-electron chi connectivity index (χ0n) is 20.6. The molecule has 0 aliphatic rings. The van der Waals surface area contributed by atoms with Crippen molar-refractivity contribution in [3.8, 4) is 0 Å². The van der Waals surface area contributed by atoms with Crippen LogP contribution in [0, 0.1) is 0 Å². The quantitative estimate of drug-likeness (QED) is 0.163. The molecule has 2 N–H and O–H groups in total. The van der Waals surface area contributed by atoms with Crippen LogP contribution in [0.1, 0.15) is 112 Å². The Labute approximate surface area is 190 Å². The third-order valence-corrected chi connectivity index (χ3v) is 4.86. The van der Waals surface area contributed by atoms with E-state index in [0.29, 0.717) is 0 Å². The number of rotatable bonds is 17. The highest BCUT2D eigenvalue weighted by molar-refractivity contribution is 5.82. The van der Waals surface area contributed by atoms with Gasteiger partial charge in [0.05, 0.1) is 6.61 Å². The minimum absolute atomic E-state index is 0.167. The summed E-state index contributed by atoms with van der Waals surface area (Å²) in [5.41, 5.74) is -0.695. The fraction of sp³-hybridized carbons (Fsp3) is 0.840. The largest absolute Gasteiger partial charge is 0.464 e. The van der Waals surface area contributed by atoms with Gasteiger partial charge in [0.25, 0.3) is 0 Å². The molecule has 0 rings (SSSR count). The summed E-state index contributed by atoms with van der Waals surface area (Å²) in [5.74, 6) is -0.680. The number of hydrogen-bond donors (Lipinski definition) is 2. The van der Waals surface area contributed by atoms with Gasteiger partial charge < -0.3 is 19.9 Å². The number of carbonyl (C=O) groups is 2. The molecule has 0 saturated heterocycles. The van der Waals surface area contributed by atoms with Crippen molar-refractivity contribution in [2.24, 2.45) is 0 Å². The SMILES string of the molecule is CCCCCCCCCCCCC/C=C/[C@@H](O)[C@@H](NC(=O)OC(C)(C)C)C(=O)OCC. The molecule has 0 aromatic rings. The minimum atomic E-state index is -1.19. The Morgan fingerprint density at radius 1 is 0.903 bits per heavy atom. The van der Waals surface area contributed by atoms with Crippen LogP contribution >= 0.6 is 0 Å². The molecular weight excluding hydrogens is 394 g/mol. The molecule has 182 valence electrons. The molecule has 0 heterocycles. The molecule has 1 amide bonds. The molecule has 0 aliphatic heterocycles. The molecule has 0 spiro atoms. The molecule has 0 aromatic carbocycles. The van der Waals surface area contributed by atoms with Crippen LogP contribution in [0.25, 0.3) is 0 Å². The van der Waals surface area contributed by atoms with Gasteiger partial charge in [-0.25, -0.2) is 9.59 Å². The van der Waals surface area contributed by atoms with Gasteiger partial charge in [0.15, 0.2) is 6.04 Å². The van der Waals surface area contributed by atoms with Crippen molar-refractivity contribution in [2.45, 2.75) is 129 Å². The average molecular weight is 442 g/mol. The first-order valence-corrected chi connectivity index (χ1v) is 12.2. The first-order valence-electron chi connectivity index (χ1n) is 12.2. The standard InChI is InChI=1S/C25H47NO5/c1-6-8-9-10-11-12-13-14-15-16-17-18-19-20-21(27)22(23(28)30-7-2)26-24(29)31-25(3,4)5/h19-22,27H,6-18H2,1-5H3,(H,26,29)/b20-19+/t21-,22-/m1/s1. The van der Waals surface area contributed by atoms with Gasteiger partial charge in [-0.2, -0.15) is 0 Å². The summed E-state index contributed by atoms with van der Waals surface area (Å²) in [7, 11) is 0. The van der Waals surface area contributed by atoms with Crippen molar-refractivity contribution in [2.75, 3.05) is 6.61 Å². The summed E-state index contributed by atoms with van der Waals surface area (Å²) in [6, 6.07) is -1.19. The van der Waals surface area contributed by atoms with Crippen molar-refractivity contribution in [3.63, 3.8) is 0 Å². The molecule has 0 radical (unpaired) electrons. The first-order chi connectivity index (χ1) is 14.7. The highest BCUT2D eigenvalue weighted by atomic mass is 16.6. The minimum Gasteiger partial charge on any atom is -0.464 e. The van der Waals surface area contributed by atoms with E-state index >= 15 is 0 Å². The highest BCUT2D eigenvalue weighted by Gasteiger charge is 2.30. The summed E-state index contributed by atoms with van der Waals surface area (Å²) in [4.78, 5) is 24.1. The average Bonchev–Trinajstić information content (AvgIpc) is 2.68. The van der Waals surface area contributed by atoms with Crippen molar-refractivity contribution < 1.29 is 24.2 Å². The third-order valence-electron chi connectivity index (χ3n) is 4.86. The number of esters is 1. The zero-order chi connectivity index (χ0) is 23.5. The molecule has 31 heavy (non-hydrogen) atoms. The van der Waals surface area contributed by atoms with E-state index < -0.39 is 29.8 Å². The Balaban J connectivity index is 4.15. The molecule has 0 bridgehead atoms. The van der Waals surface area contributed by atoms with Crippen LogP contribution in [0.5, 0.6) is 0 Å². The fourth-order valence-corrected chi connectivity index (χ4v) is 3.22. The van der Waals surface area contributed by atoms with Crippen LogP contribution in [-0.4, -0.2) is 41.5 Å². The predicted octanol–water partition coefficient (Wildman–Crippen LogP) is 6.06. The summed E-state index contributed by atoms with van der Waals surface area (Å²) in [6.45, 7) is 9.29. The second kappa shape index (κ2) is 18.1. The molecule has 0 aromatic heterocycles. The summed E-state index contributed by atoms with van der Waals surface area (Å²) in [6.07, 6.45) is 16.5. The van der Waals surface area contributed by atoms with Crippen LogP contribution in [0.3, 0.4) is 0 Å². The molecular formula is C25H47NO5. The Morgan fingerprint density at radius 3 is 1.90 bits per heavy atom. The maximum absolute atomic E-state index is 12.1. The van der Waals surface area contributed by atoms with Crippen molar-refractivity contribution >= 4 is 12.1 Å². The lowest BCUT2D eigenvalue weighted by Crippen LogP contribution is -2.50. The number of aliphatic hydroxyl groups is 1. The van der Waals surface area contributed by atoms with Gasteiger partial charge in [-0.05, 0) is 40.5 Å². The number of aliphatic hydroxyl groups excluding tert-OH is 1. The number of allylic oxidation sites excluding steroid dienone is 1. The molecule has 0 unspecified atom stereocenters. The topological polar surface area (TPSA) is 84.9 Å². The first kappa shape index (κ1) is 29.4. The molecule has 2 atom stereocenters. The summed E-state index contributed by atoms with van der Waals surface area (Å²) < 4.78 is 10.1. The lowest BCUT2D eigenvalue weighted by atomic mass is 10.0. The number of alkyl carbamates (subject to hydrolysis) is 1. The monoisotopic (exact) mass is 441 g/mol. The number of ether oxygens (including phenoxy) is 2. The second-order valence-corrected chi connectivity index (χ2v) is 9.12. The van der Waals surface area contributed by atoms with Crippen molar-refractivity contribution in [1.29, 1.82) is 0 Å². The van der Waals surface area contributed by atoms with E-state index in [1.165, 1.54) is 57.8 Å². The van der Waals surface area contributed by atoms with E-state index in [-0.39, 0.29) is 6.61 Å². The van der Waals surface area contributed by atoms with Gasteiger partial charge in [-0.1, -0.05) is 83.3 Å². The van der Waals surface area contributed by atoms with Crippen molar-refractivity contribution in [3.05, 3.63) is 12.2 Å². The van der Waals surface area contributed by atoms with Crippen LogP contribution in [-0.2, 0) is 14.3 Å². The number of unbranched alkanes of at least 4 members (excludes halogenated alkanes) is 11. The number of carbonyl (C=O) groups excluding carboxylic acids is 2. The van der Waals surface area contributed by atoms with Crippen LogP contribution in [0.15, 0.2) is 12.2 Å². The molecule has 6 heteroatoms. The Morgan fingerprint density at radius 2 is 1.42 bits per heavy atom. The maximum Gasteiger partial charge on any atom is 0.408 e. The second-order valence-electron chi connectivity index (χ2n) is 9.12. The normalized spacial score (nSPS) is 13.7. The lowest BCUT2D eigenvalue weighted by molar-refractivity contribution is -0.147. The number of amides is 1. The number of hydrogen-bond acceptors (Lipinski definition) is 5. The maximum atomic E-state index is 12.1. The van der Waals surface area contributed by atoms with E-state index in [1.807, 2.05) is 6.08 Å². The van der Waals surface area contributed by atoms with Crippen LogP contribution < -0.4 is 5.32 Å².